The van der Waals surface area contributed by atoms with Crippen molar-refractivity contribution in [3.63, 3.8) is 0 Å². The number of rotatable bonds is 6. The van der Waals surface area contributed by atoms with Crippen LogP contribution < -0.4 is 15.4 Å². The van der Waals surface area contributed by atoms with Crippen LogP contribution in [0, 0.1) is 5.82 Å². The summed E-state index contributed by atoms with van der Waals surface area (Å²) in [4.78, 5) is 13.2. The van der Waals surface area contributed by atoms with Crippen LogP contribution in [0.15, 0.2) is 89.5 Å². The van der Waals surface area contributed by atoms with E-state index in [9.17, 15) is 9.18 Å². The van der Waals surface area contributed by atoms with Gasteiger partial charge in [-0.1, -0.05) is 46.3 Å². The zero-order valence-electron chi connectivity index (χ0n) is 18.8. The van der Waals surface area contributed by atoms with E-state index in [1.807, 2.05) is 37.3 Å². The average molecular weight is 533 g/mol. The summed E-state index contributed by atoms with van der Waals surface area (Å²) in [5.74, 6) is 0.550. The van der Waals surface area contributed by atoms with Gasteiger partial charge in [0.05, 0.1) is 12.8 Å². The van der Waals surface area contributed by atoms with Gasteiger partial charge in [0.25, 0.3) is 5.91 Å². The number of nitrogens with one attached hydrogen (secondary N) is 2. The standard InChI is InChI=1S/C27H22BrFN4O2/c1-2-35-20-13-11-19(12-14-20)31-27(34)22-16-30-33-25(21-5-3-4-6-23(21)29)15-24(32-26(22)33)17-7-9-18(28)10-8-17/h3-16,25,32H,2H2,1H3,(H,31,34). The minimum Gasteiger partial charge on any atom is -0.494 e. The predicted octanol–water partition coefficient (Wildman–Crippen LogP) is 6.49. The van der Waals surface area contributed by atoms with E-state index in [2.05, 4.69) is 31.7 Å². The zero-order valence-corrected chi connectivity index (χ0v) is 20.4. The Morgan fingerprint density at radius 3 is 2.57 bits per heavy atom. The highest BCUT2D eigenvalue weighted by atomic mass is 79.9. The van der Waals surface area contributed by atoms with Crippen molar-refractivity contribution in [3.05, 3.63) is 112 Å². The van der Waals surface area contributed by atoms with Crippen molar-refractivity contribution in [1.29, 1.82) is 0 Å². The molecule has 0 radical (unpaired) electrons. The number of nitrogens with zero attached hydrogens (tertiary/aromatic N) is 2. The van der Waals surface area contributed by atoms with E-state index in [1.165, 1.54) is 12.3 Å². The molecule has 1 atom stereocenters. The third-order valence-electron chi connectivity index (χ3n) is 5.68. The first-order chi connectivity index (χ1) is 17.0. The van der Waals surface area contributed by atoms with Gasteiger partial charge in [0.1, 0.15) is 29.0 Å². The summed E-state index contributed by atoms with van der Waals surface area (Å²) in [7, 11) is 0. The highest BCUT2D eigenvalue weighted by Crippen LogP contribution is 2.36. The Kier molecular flexibility index (Phi) is 6.37. The summed E-state index contributed by atoms with van der Waals surface area (Å²) in [6, 6.07) is 21.0. The van der Waals surface area contributed by atoms with E-state index < -0.39 is 6.04 Å². The number of benzene rings is 3. The Labute approximate surface area is 210 Å². The van der Waals surface area contributed by atoms with Crippen LogP contribution in [-0.2, 0) is 0 Å². The van der Waals surface area contributed by atoms with E-state index >= 15 is 0 Å². The maximum atomic E-state index is 14.8. The Balaban J connectivity index is 1.51. The lowest BCUT2D eigenvalue weighted by Crippen LogP contribution is -2.22. The van der Waals surface area contributed by atoms with Gasteiger partial charge in [0.15, 0.2) is 0 Å². The van der Waals surface area contributed by atoms with Crippen LogP contribution in [-0.4, -0.2) is 22.3 Å². The van der Waals surface area contributed by atoms with Crippen molar-refractivity contribution >= 4 is 39.0 Å². The van der Waals surface area contributed by atoms with Crippen LogP contribution in [0.3, 0.4) is 0 Å². The number of amides is 1. The van der Waals surface area contributed by atoms with Crippen LogP contribution in [0.2, 0.25) is 0 Å². The molecule has 0 saturated heterocycles. The van der Waals surface area contributed by atoms with Gasteiger partial charge in [-0.2, -0.15) is 5.10 Å². The fourth-order valence-corrected chi connectivity index (χ4v) is 4.26. The quantitative estimate of drug-likeness (QED) is 0.297. The number of carbonyl (C=O) groups is 1. The minimum atomic E-state index is -0.530. The van der Waals surface area contributed by atoms with Crippen molar-refractivity contribution in [2.24, 2.45) is 0 Å². The van der Waals surface area contributed by atoms with Crippen molar-refractivity contribution < 1.29 is 13.9 Å². The summed E-state index contributed by atoms with van der Waals surface area (Å²) < 4.78 is 22.8. The average Bonchev–Trinajstić information content (AvgIpc) is 3.30. The smallest absolute Gasteiger partial charge is 0.261 e. The molecule has 1 unspecified atom stereocenters. The molecule has 2 N–H and O–H groups in total. The van der Waals surface area contributed by atoms with Crippen LogP contribution in [0.1, 0.15) is 34.5 Å². The number of aromatic nitrogens is 2. The van der Waals surface area contributed by atoms with Gasteiger partial charge in [0, 0.05) is 21.4 Å². The fraction of sp³-hybridized carbons (Fsp3) is 0.111. The second-order valence-electron chi connectivity index (χ2n) is 7.94. The molecule has 5 rings (SSSR count). The molecule has 8 heteroatoms. The SMILES string of the molecule is CCOc1ccc(NC(=O)c2cnn3c2NC(c2ccc(Br)cc2)=CC3c2ccccc2F)cc1. The third kappa shape index (κ3) is 4.70. The van der Waals surface area contributed by atoms with E-state index in [4.69, 9.17) is 4.74 Å². The molecule has 6 nitrogen and oxygen atoms in total. The molecule has 3 aromatic carbocycles. The Morgan fingerprint density at radius 1 is 1.11 bits per heavy atom. The highest BCUT2D eigenvalue weighted by molar-refractivity contribution is 9.10. The van der Waals surface area contributed by atoms with Crippen LogP contribution in [0.5, 0.6) is 5.75 Å². The van der Waals surface area contributed by atoms with Crippen LogP contribution in [0.25, 0.3) is 5.70 Å². The molecular weight excluding hydrogens is 511 g/mol. The molecule has 1 amide bonds. The first-order valence-corrected chi connectivity index (χ1v) is 11.9. The summed E-state index contributed by atoms with van der Waals surface area (Å²) in [5.41, 5.74) is 3.10. The van der Waals surface area contributed by atoms with Crippen LogP contribution >= 0.6 is 15.9 Å². The summed E-state index contributed by atoms with van der Waals surface area (Å²) in [6.07, 6.45) is 3.41. The molecule has 1 aromatic heterocycles. The van der Waals surface area contributed by atoms with Crippen LogP contribution in [0.4, 0.5) is 15.9 Å². The van der Waals surface area contributed by atoms with E-state index in [0.717, 1.165) is 21.5 Å². The number of carbonyl (C=O) groups excluding carboxylic acids is 1. The maximum absolute atomic E-state index is 14.8. The second kappa shape index (κ2) is 9.76. The number of halogens is 2. The van der Waals surface area contributed by atoms with Gasteiger partial charge in [-0.3, -0.25) is 4.79 Å². The van der Waals surface area contributed by atoms with Crippen molar-refractivity contribution in [2.45, 2.75) is 13.0 Å². The topological polar surface area (TPSA) is 68.2 Å². The molecule has 4 aromatic rings. The molecule has 2 heterocycles. The van der Waals surface area contributed by atoms with Gasteiger partial charge >= 0.3 is 0 Å². The zero-order chi connectivity index (χ0) is 24.4. The molecular formula is C27H22BrFN4O2. The van der Waals surface area contributed by atoms with Gasteiger partial charge in [0.2, 0.25) is 0 Å². The number of anilines is 2. The van der Waals surface area contributed by atoms with Gasteiger partial charge in [-0.05, 0) is 61.0 Å². The summed E-state index contributed by atoms with van der Waals surface area (Å²) >= 11 is 3.46. The van der Waals surface area contributed by atoms with Gasteiger partial charge in [-0.15, -0.1) is 0 Å². The number of hydrogen-bond acceptors (Lipinski definition) is 4. The molecule has 35 heavy (non-hydrogen) atoms. The lowest BCUT2D eigenvalue weighted by Gasteiger charge is -2.26. The normalized spacial score (nSPS) is 14.5. The molecule has 1 aliphatic rings. The second-order valence-corrected chi connectivity index (χ2v) is 8.86. The molecule has 0 aliphatic carbocycles. The lowest BCUT2D eigenvalue weighted by atomic mass is 10.0. The molecule has 1 aliphatic heterocycles. The van der Waals surface area contributed by atoms with Gasteiger partial charge < -0.3 is 15.4 Å². The number of ether oxygens (including phenoxy) is 1. The maximum Gasteiger partial charge on any atom is 0.261 e. The summed E-state index contributed by atoms with van der Waals surface area (Å²) in [6.45, 7) is 2.48. The number of allylic oxidation sites excluding steroid dienone is 1. The Hall–Kier alpha value is -3.91. The number of hydrogen-bond donors (Lipinski definition) is 2. The largest absolute Gasteiger partial charge is 0.494 e. The fourth-order valence-electron chi connectivity index (χ4n) is 4.00. The molecule has 0 spiro atoms. The summed E-state index contributed by atoms with van der Waals surface area (Å²) in [5, 5.41) is 10.7. The Bertz CT molecular complexity index is 1400. The predicted molar refractivity (Wildman–Crippen MR) is 138 cm³/mol. The minimum absolute atomic E-state index is 0.327. The number of fused-ring (bicyclic) bond motifs is 1. The first-order valence-electron chi connectivity index (χ1n) is 11.1. The van der Waals surface area contributed by atoms with E-state index in [-0.39, 0.29) is 11.7 Å². The molecule has 0 saturated carbocycles. The van der Waals surface area contributed by atoms with Crippen molar-refractivity contribution in [3.8, 4) is 5.75 Å². The van der Waals surface area contributed by atoms with E-state index in [1.54, 1.807) is 47.1 Å². The van der Waals surface area contributed by atoms with E-state index in [0.29, 0.717) is 29.2 Å². The van der Waals surface area contributed by atoms with Gasteiger partial charge in [-0.25, -0.2) is 9.07 Å². The molecule has 0 fully saturated rings. The third-order valence-corrected chi connectivity index (χ3v) is 6.21. The Morgan fingerprint density at radius 2 is 1.86 bits per heavy atom. The van der Waals surface area contributed by atoms with Crippen molar-refractivity contribution in [1.82, 2.24) is 9.78 Å². The lowest BCUT2D eigenvalue weighted by molar-refractivity contribution is 0.102. The monoisotopic (exact) mass is 532 g/mol. The first kappa shape index (κ1) is 22.9. The molecule has 0 bridgehead atoms. The molecule has 176 valence electrons. The van der Waals surface area contributed by atoms with Crippen molar-refractivity contribution in [2.75, 3.05) is 17.2 Å². The highest BCUT2D eigenvalue weighted by Gasteiger charge is 2.29.